The standard InChI is InChI=1S/C26H25F2N7O2S/c1-33-7-3-4-17(11-33)37-21-9-15(18-12-34(2)35(25(18)36)26(27)28)8-20-23(21)24(30-13-29-20)32-16-5-6-19-22(10-16)38-14-31-19/h5-6,8-10,12-14,17,26H,3-4,7,11H2,1-2H3,(H,29,30,32)/t17-/m0/s1. The van der Waals surface area contributed by atoms with Crippen LogP contribution in [0.25, 0.3) is 32.2 Å². The minimum atomic E-state index is -2.95. The van der Waals surface area contributed by atoms with Crippen LogP contribution in [-0.4, -0.2) is 55.5 Å². The van der Waals surface area contributed by atoms with Crippen LogP contribution < -0.4 is 15.6 Å². The predicted octanol–water partition coefficient (Wildman–Crippen LogP) is 5.02. The summed E-state index contributed by atoms with van der Waals surface area (Å²) in [5, 5.41) is 4.03. The van der Waals surface area contributed by atoms with E-state index in [1.807, 2.05) is 25.2 Å². The van der Waals surface area contributed by atoms with E-state index >= 15 is 0 Å². The third-order valence-electron chi connectivity index (χ3n) is 6.76. The van der Waals surface area contributed by atoms with Gasteiger partial charge < -0.3 is 15.0 Å². The lowest BCUT2D eigenvalue weighted by atomic mass is 10.0. The van der Waals surface area contributed by atoms with Crippen LogP contribution in [0.3, 0.4) is 0 Å². The van der Waals surface area contributed by atoms with Gasteiger partial charge in [0.25, 0.3) is 5.56 Å². The number of thiazole rings is 1. The summed E-state index contributed by atoms with van der Waals surface area (Å²) < 4.78 is 36.1. The number of nitrogens with one attached hydrogen (secondary N) is 1. The average molecular weight is 538 g/mol. The Morgan fingerprint density at radius 1 is 1.13 bits per heavy atom. The first-order valence-corrected chi connectivity index (χ1v) is 13.1. The van der Waals surface area contributed by atoms with Gasteiger partial charge in [0.15, 0.2) is 0 Å². The molecule has 0 amide bonds. The molecule has 1 aliphatic heterocycles. The topological polar surface area (TPSA) is 90.1 Å². The summed E-state index contributed by atoms with van der Waals surface area (Å²) in [5.74, 6) is 1.04. The Bertz CT molecular complexity index is 1700. The highest BCUT2D eigenvalue weighted by Gasteiger charge is 2.24. The number of likely N-dealkylation sites (N-methyl/N-ethyl adjacent to an activating group) is 1. The minimum Gasteiger partial charge on any atom is -0.488 e. The average Bonchev–Trinajstić information content (AvgIpc) is 3.47. The van der Waals surface area contributed by atoms with Gasteiger partial charge in [0.05, 0.1) is 32.2 Å². The molecule has 0 saturated carbocycles. The SMILES string of the molecule is CN1CCC[C@H](Oc2cc(-c3cn(C)n(C(F)F)c3=O)cc3ncnc(Nc4ccc5ncsc5c4)c23)C1. The molecular formula is C26H25F2N7O2S. The molecule has 3 aromatic heterocycles. The van der Waals surface area contributed by atoms with Crippen molar-refractivity contribution in [3.63, 3.8) is 0 Å². The summed E-state index contributed by atoms with van der Waals surface area (Å²) in [5.41, 5.74) is 3.89. The second-order valence-electron chi connectivity index (χ2n) is 9.44. The molecule has 0 spiro atoms. The zero-order valence-corrected chi connectivity index (χ0v) is 21.6. The van der Waals surface area contributed by atoms with Gasteiger partial charge in [-0.3, -0.25) is 9.48 Å². The van der Waals surface area contributed by atoms with Crippen LogP contribution in [0, 0.1) is 0 Å². The Morgan fingerprint density at radius 2 is 2.00 bits per heavy atom. The first-order valence-electron chi connectivity index (χ1n) is 12.2. The Hall–Kier alpha value is -3.90. The Balaban J connectivity index is 1.48. The van der Waals surface area contributed by atoms with Crippen molar-refractivity contribution in [2.24, 2.45) is 7.05 Å². The van der Waals surface area contributed by atoms with Crippen LogP contribution in [0.5, 0.6) is 5.75 Å². The van der Waals surface area contributed by atoms with E-state index < -0.39 is 12.1 Å². The number of aromatic nitrogens is 5. The van der Waals surface area contributed by atoms with Crippen LogP contribution >= 0.6 is 11.3 Å². The number of hydrogen-bond acceptors (Lipinski definition) is 8. The number of benzene rings is 2. The van der Waals surface area contributed by atoms with Crippen molar-refractivity contribution in [2.45, 2.75) is 25.5 Å². The molecule has 4 heterocycles. The second kappa shape index (κ2) is 9.76. The summed E-state index contributed by atoms with van der Waals surface area (Å²) in [6.07, 6.45) is 4.62. The number of fused-ring (bicyclic) bond motifs is 2. The van der Waals surface area contributed by atoms with Crippen molar-refractivity contribution in [3.8, 4) is 16.9 Å². The third-order valence-corrected chi connectivity index (χ3v) is 7.55. The number of hydrogen-bond donors (Lipinski definition) is 1. The first kappa shape index (κ1) is 24.4. The number of halogens is 2. The van der Waals surface area contributed by atoms with Gasteiger partial charge in [-0.25, -0.2) is 15.0 Å². The molecule has 0 aliphatic carbocycles. The smallest absolute Gasteiger partial charge is 0.334 e. The van der Waals surface area contributed by atoms with Gasteiger partial charge in [-0.2, -0.15) is 13.5 Å². The summed E-state index contributed by atoms with van der Waals surface area (Å²) in [6.45, 7) is -1.22. The van der Waals surface area contributed by atoms with Crippen molar-refractivity contribution >= 4 is 44.0 Å². The lowest BCUT2D eigenvalue weighted by Crippen LogP contribution is -2.38. The van der Waals surface area contributed by atoms with Gasteiger partial charge in [-0.15, -0.1) is 11.3 Å². The van der Waals surface area contributed by atoms with Gasteiger partial charge in [0.2, 0.25) is 0 Å². The lowest BCUT2D eigenvalue weighted by molar-refractivity contribution is 0.0416. The molecule has 1 N–H and O–H groups in total. The van der Waals surface area contributed by atoms with Crippen LogP contribution in [0.1, 0.15) is 19.4 Å². The predicted molar refractivity (Wildman–Crippen MR) is 144 cm³/mol. The van der Waals surface area contributed by atoms with Crippen molar-refractivity contribution in [2.75, 3.05) is 25.5 Å². The molecule has 1 saturated heterocycles. The van der Waals surface area contributed by atoms with Crippen molar-refractivity contribution in [1.29, 1.82) is 0 Å². The maximum absolute atomic E-state index is 13.5. The molecule has 0 radical (unpaired) electrons. The van der Waals surface area contributed by atoms with Crippen LogP contribution in [0.4, 0.5) is 20.3 Å². The molecular weight excluding hydrogens is 512 g/mol. The van der Waals surface area contributed by atoms with Crippen LogP contribution in [0.15, 0.2) is 53.2 Å². The maximum Gasteiger partial charge on any atom is 0.334 e. The van der Waals surface area contributed by atoms with E-state index in [0.29, 0.717) is 32.7 Å². The van der Waals surface area contributed by atoms with Gasteiger partial charge in [0, 0.05) is 25.5 Å². The highest BCUT2D eigenvalue weighted by atomic mass is 32.1. The molecule has 12 heteroatoms. The number of anilines is 2. The fourth-order valence-corrected chi connectivity index (χ4v) is 5.67. The molecule has 2 aromatic carbocycles. The molecule has 5 aromatic rings. The van der Waals surface area contributed by atoms with Crippen LogP contribution in [-0.2, 0) is 7.05 Å². The van der Waals surface area contributed by atoms with E-state index in [1.165, 1.54) is 19.6 Å². The van der Waals surface area contributed by atoms with E-state index in [-0.39, 0.29) is 11.7 Å². The number of ether oxygens (including phenoxy) is 1. The molecule has 6 rings (SSSR count). The quantitative estimate of drug-likeness (QED) is 0.325. The Morgan fingerprint density at radius 3 is 2.79 bits per heavy atom. The first-order chi connectivity index (χ1) is 18.4. The highest BCUT2D eigenvalue weighted by Crippen LogP contribution is 2.37. The Labute approximate surface area is 220 Å². The van der Waals surface area contributed by atoms with E-state index in [4.69, 9.17) is 4.74 Å². The zero-order chi connectivity index (χ0) is 26.4. The Kier molecular flexibility index (Phi) is 6.28. The normalized spacial score (nSPS) is 16.5. The van der Waals surface area contributed by atoms with Gasteiger partial charge in [-0.1, -0.05) is 0 Å². The van der Waals surface area contributed by atoms with Gasteiger partial charge in [0.1, 0.15) is 24.0 Å². The van der Waals surface area contributed by atoms with Gasteiger partial charge in [-0.05, 0) is 62.3 Å². The molecule has 1 fully saturated rings. The summed E-state index contributed by atoms with van der Waals surface area (Å²) >= 11 is 1.55. The fraction of sp³-hybridized carbons (Fsp3) is 0.308. The lowest BCUT2D eigenvalue weighted by Gasteiger charge is -2.30. The fourth-order valence-electron chi connectivity index (χ4n) is 4.96. The second-order valence-corrected chi connectivity index (χ2v) is 10.3. The number of rotatable bonds is 6. The summed E-state index contributed by atoms with van der Waals surface area (Å²) in [7, 11) is 3.46. The summed E-state index contributed by atoms with van der Waals surface area (Å²) in [6, 6.07) is 9.31. The largest absolute Gasteiger partial charge is 0.488 e. The molecule has 38 heavy (non-hydrogen) atoms. The number of piperidine rings is 1. The minimum absolute atomic E-state index is 0.0812. The summed E-state index contributed by atoms with van der Waals surface area (Å²) in [4.78, 5) is 28.4. The number of aryl methyl sites for hydroxylation is 1. The van der Waals surface area contributed by atoms with Gasteiger partial charge >= 0.3 is 6.55 Å². The highest BCUT2D eigenvalue weighted by molar-refractivity contribution is 7.16. The maximum atomic E-state index is 13.5. The van der Waals surface area contributed by atoms with Crippen molar-refractivity contribution in [3.05, 3.63) is 58.7 Å². The number of nitrogens with zero attached hydrogens (tertiary/aromatic N) is 6. The number of alkyl halides is 2. The molecule has 0 unspecified atom stereocenters. The number of likely N-dealkylation sites (tertiary alicyclic amines) is 1. The molecule has 1 atom stereocenters. The molecule has 9 nitrogen and oxygen atoms in total. The van der Waals surface area contributed by atoms with E-state index in [2.05, 4.69) is 25.2 Å². The van der Waals surface area contributed by atoms with E-state index in [0.717, 1.165) is 46.5 Å². The zero-order valence-electron chi connectivity index (χ0n) is 20.8. The molecule has 0 bridgehead atoms. The molecule has 1 aliphatic rings. The van der Waals surface area contributed by atoms with Crippen LogP contribution in [0.2, 0.25) is 0 Å². The monoisotopic (exact) mass is 537 g/mol. The van der Waals surface area contributed by atoms with E-state index in [9.17, 15) is 13.6 Å². The van der Waals surface area contributed by atoms with Crippen molar-refractivity contribution < 1.29 is 13.5 Å². The third kappa shape index (κ3) is 4.50. The molecule has 196 valence electrons. The van der Waals surface area contributed by atoms with Crippen molar-refractivity contribution in [1.82, 2.24) is 29.2 Å². The van der Waals surface area contributed by atoms with E-state index in [1.54, 1.807) is 29.0 Å².